The summed E-state index contributed by atoms with van der Waals surface area (Å²) in [5, 5.41) is 12.1. The van der Waals surface area contributed by atoms with E-state index in [-0.39, 0.29) is 11.5 Å². The molecule has 1 amide bonds. The lowest BCUT2D eigenvalue weighted by atomic mass is 10.2. The Labute approximate surface area is 150 Å². The molecule has 8 nitrogen and oxygen atoms in total. The molecular weight excluding hydrogens is 342 g/mol. The molecule has 2 N–H and O–H groups in total. The van der Waals surface area contributed by atoms with Crippen molar-refractivity contribution in [1.82, 2.24) is 0 Å². The molecule has 26 heavy (non-hydrogen) atoms. The number of methoxy groups -OCH3 is 2. The first-order valence-electron chi connectivity index (χ1n) is 7.61. The standard InChI is InChI=1S/C18H19NO7/c1-23-13-7-12(8-14(9-13)24-2)19-17(21)10-26-18(22)11-25-16-6-4-3-5-15(16)20/h3-9,20H,10-11H2,1-2H3,(H,19,21). The maximum Gasteiger partial charge on any atom is 0.344 e. The zero-order chi connectivity index (χ0) is 18.9. The molecule has 0 bridgehead atoms. The molecular formula is C18H19NO7. The summed E-state index contributed by atoms with van der Waals surface area (Å²) in [6.45, 7) is -0.916. The SMILES string of the molecule is COc1cc(NC(=O)COC(=O)COc2ccccc2O)cc(OC)c1. The minimum atomic E-state index is -0.744. The number of hydrogen-bond acceptors (Lipinski definition) is 7. The van der Waals surface area contributed by atoms with E-state index in [2.05, 4.69) is 5.32 Å². The van der Waals surface area contributed by atoms with Crippen molar-refractivity contribution in [1.29, 1.82) is 0 Å². The van der Waals surface area contributed by atoms with Crippen LogP contribution in [-0.4, -0.2) is 44.4 Å². The van der Waals surface area contributed by atoms with Crippen LogP contribution in [0, 0.1) is 0 Å². The van der Waals surface area contributed by atoms with Crippen molar-refractivity contribution in [2.45, 2.75) is 0 Å². The Morgan fingerprint density at radius 2 is 1.65 bits per heavy atom. The molecule has 0 aliphatic rings. The number of para-hydroxylation sites is 2. The lowest BCUT2D eigenvalue weighted by Crippen LogP contribution is -2.23. The van der Waals surface area contributed by atoms with Gasteiger partial charge in [-0.3, -0.25) is 4.79 Å². The van der Waals surface area contributed by atoms with Gasteiger partial charge in [0.2, 0.25) is 0 Å². The number of benzene rings is 2. The molecule has 0 saturated heterocycles. The van der Waals surface area contributed by atoms with Crippen molar-refractivity contribution in [3.63, 3.8) is 0 Å². The van der Waals surface area contributed by atoms with Crippen molar-refractivity contribution >= 4 is 17.6 Å². The third-order valence-corrected chi connectivity index (χ3v) is 3.21. The highest BCUT2D eigenvalue weighted by molar-refractivity contribution is 5.93. The first-order valence-corrected chi connectivity index (χ1v) is 7.61. The average Bonchev–Trinajstić information content (AvgIpc) is 2.65. The number of esters is 1. The number of phenolic OH excluding ortho intramolecular Hbond substituents is 1. The second kappa shape index (κ2) is 9.16. The van der Waals surface area contributed by atoms with Crippen LogP contribution in [0.3, 0.4) is 0 Å². The number of aromatic hydroxyl groups is 1. The van der Waals surface area contributed by atoms with E-state index in [0.717, 1.165) is 0 Å². The van der Waals surface area contributed by atoms with Crippen LogP contribution in [0.4, 0.5) is 5.69 Å². The molecule has 2 aromatic carbocycles. The number of amides is 1. The van der Waals surface area contributed by atoms with E-state index < -0.39 is 25.1 Å². The van der Waals surface area contributed by atoms with Crippen molar-refractivity contribution in [3.05, 3.63) is 42.5 Å². The van der Waals surface area contributed by atoms with Crippen LogP contribution in [-0.2, 0) is 14.3 Å². The summed E-state index contributed by atoms with van der Waals surface area (Å²) < 4.78 is 20.2. The number of rotatable bonds is 8. The largest absolute Gasteiger partial charge is 0.504 e. The number of carbonyl (C=O) groups is 2. The van der Waals surface area contributed by atoms with Crippen molar-refractivity contribution in [2.75, 3.05) is 32.8 Å². The summed E-state index contributed by atoms with van der Waals surface area (Å²) >= 11 is 0. The molecule has 0 saturated carbocycles. The van der Waals surface area contributed by atoms with E-state index in [9.17, 15) is 14.7 Å². The fourth-order valence-corrected chi connectivity index (χ4v) is 1.98. The Balaban J connectivity index is 1.81. The predicted molar refractivity (Wildman–Crippen MR) is 92.7 cm³/mol. The van der Waals surface area contributed by atoms with Gasteiger partial charge in [0.15, 0.2) is 24.7 Å². The van der Waals surface area contributed by atoms with Crippen molar-refractivity contribution in [2.24, 2.45) is 0 Å². The number of anilines is 1. The van der Waals surface area contributed by atoms with Gasteiger partial charge in [-0.05, 0) is 12.1 Å². The lowest BCUT2D eigenvalue weighted by Gasteiger charge is -2.10. The van der Waals surface area contributed by atoms with Gasteiger partial charge >= 0.3 is 5.97 Å². The van der Waals surface area contributed by atoms with Crippen LogP contribution < -0.4 is 19.5 Å². The Kier molecular flexibility index (Phi) is 6.67. The number of hydrogen-bond donors (Lipinski definition) is 2. The molecule has 0 spiro atoms. The summed E-state index contributed by atoms with van der Waals surface area (Å²) in [6, 6.07) is 11.1. The van der Waals surface area contributed by atoms with Gasteiger partial charge < -0.3 is 29.4 Å². The molecule has 0 atom stereocenters. The average molecular weight is 361 g/mol. The second-order valence-corrected chi connectivity index (χ2v) is 5.07. The van der Waals surface area contributed by atoms with E-state index in [0.29, 0.717) is 17.2 Å². The fourth-order valence-electron chi connectivity index (χ4n) is 1.98. The van der Waals surface area contributed by atoms with Crippen molar-refractivity contribution in [3.8, 4) is 23.0 Å². The Morgan fingerprint density at radius 1 is 1.00 bits per heavy atom. The van der Waals surface area contributed by atoms with Crippen LogP contribution in [0.1, 0.15) is 0 Å². The third-order valence-electron chi connectivity index (χ3n) is 3.21. The highest BCUT2D eigenvalue weighted by Gasteiger charge is 2.11. The zero-order valence-electron chi connectivity index (χ0n) is 14.4. The monoisotopic (exact) mass is 361 g/mol. The summed E-state index contributed by atoms with van der Waals surface area (Å²) in [7, 11) is 2.99. The topological polar surface area (TPSA) is 103 Å². The van der Waals surface area contributed by atoms with E-state index in [1.54, 1.807) is 30.3 Å². The van der Waals surface area contributed by atoms with Crippen LogP contribution in [0.15, 0.2) is 42.5 Å². The molecule has 0 aliphatic heterocycles. The van der Waals surface area contributed by atoms with Crippen LogP contribution in [0.5, 0.6) is 23.0 Å². The van der Waals surface area contributed by atoms with Crippen LogP contribution in [0.2, 0.25) is 0 Å². The molecule has 2 aromatic rings. The molecule has 0 heterocycles. The summed E-state index contributed by atoms with van der Waals surface area (Å²) in [5.41, 5.74) is 0.438. The quantitative estimate of drug-likeness (QED) is 0.693. The minimum Gasteiger partial charge on any atom is -0.504 e. The summed E-state index contributed by atoms with van der Waals surface area (Å²) in [6.07, 6.45) is 0. The third kappa shape index (κ3) is 5.59. The minimum absolute atomic E-state index is 0.0926. The van der Waals surface area contributed by atoms with Gasteiger partial charge in [-0.25, -0.2) is 4.79 Å². The smallest absolute Gasteiger partial charge is 0.344 e. The first kappa shape index (κ1) is 18.9. The first-order chi connectivity index (χ1) is 12.5. The van der Waals surface area contributed by atoms with Gasteiger partial charge in [-0.2, -0.15) is 0 Å². The van der Waals surface area contributed by atoms with Gasteiger partial charge in [-0.15, -0.1) is 0 Å². The molecule has 0 aliphatic carbocycles. The highest BCUT2D eigenvalue weighted by atomic mass is 16.6. The van der Waals surface area contributed by atoms with Gasteiger partial charge in [0.1, 0.15) is 11.5 Å². The molecule has 0 unspecified atom stereocenters. The van der Waals surface area contributed by atoms with E-state index in [1.807, 2.05) is 0 Å². The zero-order valence-corrected chi connectivity index (χ0v) is 14.4. The van der Waals surface area contributed by atoms with E-state index >= 15 is 0 Å². The molecule has 0 fully saturated rings. The van der Waals surface area contributed by atoms with Crippen LogP contribution in [0.25, 0.3) is 0 Å². The number of carbonyl (C=O) groups excluding carboxylic acids is 2. The van der Waals surface area contributed by atoms with Crippen LogP contribution >= 0.6 is 0 Å². The Bertz CT molecular complexity index is 754. The number of ether oxygens (including phenoxy) is 4. The van der Waals surface area contributed by atoms with E-state index in [4.69, 9.17) is 18.9 Å². The highest BCUT2D eigenvalue weighted by Crippen LogP contribution is 2.26. The second-order valence-electron chi connectivity index (χ2n) is 5.07. The Morgan fingerprint density at radius 3 is 2.27 bits per heavy atom. The lowest BCUT2D eigenvalue weighted by molar-refractivity contribution is -0.149. The number of phenols is 1. The maximum absolute atomic E-state index is 11.9. The van der Waals surface area contributed by atoms with E-state index in [1.165, 1.54) is 26.4 Å². The molecule has 0 radical (unpaired) electrons. The number of nitrogens with one attached hydrogen (secondary N) is 1. The van der Waals surface area contributed by atoms with Gasteiger partial charge in [0.25, 0.3) is 5.91 Å². The normalized spacial score (nSPS) is 9.92. The van der Waals surface area contributed by atoms with Gasteiger partial charge in [0, 0.05) is 23.9 Å². The van der Waals surface area contributed by atoms with Crippen molar-refractivity contribution < 1.29 is 33.6 Å². The molecule has 8 heteroatoms. The summed E-state index contributed by atoms with van der Waals surface area (Å²) in [4.78, 5) is 23.5. The fraction of sp³-hybridized carbons (Fsp3) is 0.222. The maximum atomic E-state index is 11.9. The predicted octanol–water partition coefficient (Wildman–Crippen LogP) is 1.97. The molecule has 2 rings (SSSR count). The van der Waals surface area contributed by atoms with Gasteiger partial charge in [-0.1, -0.05) is 12.1 Å². The molecule has 0 aromatic heterocycles. The Hall–Kier alpha value is -3.42. The molecule has 138 valence electrons. The van der Waals surface area contributed by atoms with Gasteiger partial charge in [0.05, 0.1) is 14.2 Å². The summed E-state index contributed by atoms with van der Waals surface area (Å²) in [5.74, 6) is -0.203.